The van der Waals surface area contributed by atoms with Gasteiger partial charge in [0.25, 0.3) is 0 Å². The molecule has 18 nitrogen and oxygen atoms in total. The predicted octanol–water partition coefficient (Wildman–Crippen LogP) is 4.52. The van der Waals surface area contributed by atoms with Gasteiger partial charge in [-0.2, -0.15) is 47.9 Å². The summed E-state index contributed by atoms with van der Waals surface area (Å²) in [4.78, 5) is 105. The fourth-order valence-electron chi connectivity index (χ4n) is 2.97. The molecule has 0 saturated carbocycles. The van der Waals surface area contributed by atoms with Crippen molar-refractivity contribution in [2.45, 2.75) is 69.7 Å². The molecule has 0 unspecified atom stereocenters. The van der Waals surface area contributed by atoms with Crippen LogP contribution >= 0.6 is 11.3 Å². The molecule has 19 heteroatoms. The van der Waals surface area contributed by atoms with Gasteiger partial charge < -0.3 is 11.5 Å². The summed E-state index contributed by atoms with van der Waals surface area (Å²) in [6.07, 6.45) is 6.44. The summed E-state index contributed by atoms with van der Waals surface area (Å²) < 4.78 is 0. The molecule has 5 rings (SSSR count). The predicted molar refractivity (Wildman–Crippen MR) is 200 cm³/mol. The first-order valence-corrected chi connectivity index (χ1v) is 15.6. The van der Waals surface area contributed by atoms with Crippen molar-refractivity contribution < 1.29 is 47.9 Å². The number of rotatable bonds is 0. The molecule has 5 aromatic rings. The van der Waals surface area contributed by atoms with Crippen molar-refractivity contribution in [3.05, 3.63) is 118 Å². The molecule has 4 heterocycles. The van der Waals surface area contributed by atoms with E-state index < -0.39 is 0 Å². The molecule has 4 aromatic heterocycles. The number of nitrogens with zero attached hydrogens (tertiary/aromatic N) is 6. The quantitative estimate of drug-likeness (QED) is 0.203. The van der Waals surface area contributed by atoms with Gasteiger partial charge in [-0.25, -0.2) is 24.9 Å². The van der Waals surface area contributed by atoms with E-state index >= 15 is 0 Å². The van der Waals surface area contributed by atoms with E-state index in [1.807, 2.05) is 97.0 Å². The lowest BCUT2D eigenvalue weighted by Crippen LogP contribution is -1.86. The maximum atomic E-state index is 8.12. The van der Waals surface area contributed by atoms with Crippen LogP contribution in [0, 0.1) is 62.3 Å². The first-order chi connectivity index (χ1) is 25.9. The number of hydrogen-bond acceptors (Lipinski definition) is 19. The van der Waals surface area contributed by atoms with E-state index in [1.165, 1.54) is 22.5 Å². The summed E-state index contributed by atoms with van der Waals surface area (Å²) >= 11 is 1.51. The second-order valence-corrected chi connectivity index (χ2v) is 10.7. The first-order valence-electron chi connectivity index (χ1n) is 14.8. The van der Waals surface area contributed by atoms with Crippen molar-refractivity contribution in [2.75, 3.05) is 11.5 Å². The Kier molecular flexibility index (Phi) is 47.5. The van der Waals surface area contributed by atoms with Crippen LogP contribution in [0.5, 0.6) is 0 Å². The number of nitrogen functional groups attached to an aromatic ring is 2. The Hall–Kier alpha value is -7.34. The Balaban J connectivity index is -0.000000128. The highest BCUT2D eigenvalue weighted by molar-refractivity contribution is 7.15. The maximum absolute atomic E-state index is 8.12. The second-order valence-electron chi connectivity index (χ2n) is 9.45. The number of aromatic nitrogens is 6. The zero-order chi connectivity index (χ0) is 43.6. The number of carbonyl (C=O) groups excluding carboxylic acids is 10. The zero-order valence-corrected chi connectivity index (χ0v) is 32.5. The minimum Gasteiger partial charge on any atom is -0.399 e. The number of thiazole rings is 1. The average Bonchev–Trinajstić information content (AvgIpc) is 3.48. The molecule has 0 aliphatic rings. The Morgan fingerprint density at radius 2 is 0.839 bits per heavy atom. The zero-order valence-electron chi connectivity index (χ0n) is 31.7. The molecular weight excluding hydrogens is 749 g/mol. The minimum absolute atomic E-state index is 0. The topological polar surface area (TPSA) is 300 Å². The van der Waals surface area contributed by atoms with Crippen LogP contribution in [0.1, 0.15) is 58.0 Å². The summed E-state index contributed by atoms with van der Waals surface area (Å²) in [5, 5.41) is 1.81. The number of aryl methyl sites for hydroxylation is 9. The molecule has 0 aliphatic carbocycles. The fourth-order valence-corrected chi connectivity index (χ4v) is 3.52. The van der Waals surface area contributed by atoms with Crippen molar-refractivity contribution >= 4 is 52.8 Å². The number of hydrogen-bond donors (Lipinski definition) is 2. The molecule has 0 spiro atoms. The van der Waals surface area contributed by atoms with Gasteiger partial charge in [-0.15, -0.1) is 11.3 Å². The summed E-state index contributed by atoms with van der Waals surface area (Å²) in [5.41, 5.74) is 18.5. The van der Waals surface area contributed by atoms with E-state index in [4.69, 9.17) is 59.4 Å². The van der Waals surface area contributed by atoms with Gasteiger partial charge in [0.05, 0.1) is 11.2 Å². The van der Waals surface area contributed by atoms with Crippen molar-refractivity contribution in [1.29, 1.82) is 0 Å². The van der Waals surface area contributed by atoms with Gasteiger partial charge in [0.15, 0.2) is 0 Å². The minimum atomic E-state index is 0. The van der Waals surface area contributed by atoms with Crippen molar-refractivity contribution in [3.63, 3.8) is 0 Å². The molecule has 0 amide bonds. The van der Waals surface area contributed by atoms with Gasteiger partial charge in [-0.05, 0) is 110 Å². The SMILES string of the molecule is C.Cc1ccc(N)cc1C.Cc1cccc(C)n1.Cc1ccnc(C)n1.Cc1ccnc(C)n1.Cc1ncc(N)s1.O=C=O.O=C=O.O=C=O.O=C=O.O=C=O. The molecule has 0 aliphatic heterocycles. The number of nitrogens with two attached hydrogens (primary N) is 2. The van der Waals surface area contributed by atoms with Gasteiger partial charge in [0.2, 0.25) is 0 Å². The van der Waals surface area contributed by atoms with E-state index in [1.54, 1.807) is 18.6 Å². The number of pyridine rings is 1. The highest BCUT2D eigenvalue weighted by Gasteiger charge is 1.90. The first kappa shape index (κ1) is 60.7. The van der Waals surface area contributed by atoms with Gasteiger partial charge in [0.1, 0.15) is 16.6 Å². The van der Waals surface area contributed by atoms with Gasteiger partial charge in [0, 0.05) is 40.9 Å². The highest BCUT2D eigenvalue weighted by atomic mass is 32.1. The molecule has 0 radical (unpaired) electrons. The van der Waals surface area contributed by atoms with E-state index in [0.29, 0.717) is 0 Å². The summed E-state index contributed by atoms with van der Waals surface area (Å²) in [6.45, 7) is 17.7. The van der Waals surface area contributed by atoms with Crippen molar-refractivity contribution in [1.82, 2.24) is 29.9 Å². The average molecular weight is 795 g/mol. The lowest BCUT2D eigenvalue weighted by atomic mass is 10.1. The van der Waals surface area contributed by atoms with Crippen LogP contribution in [-0.2, 0) is 47.9 Å². The normalized spacial score (nSPS) is 7.38. The van der Waals surface area contributed by atoms with Crippen molar-refractivity contribution in [2.24, 2.45) is 0 Å². The lowest BCUT2D eigenvalue weighted by Gasteiger charge is -1.98. The van der Waals surface area contributed by atoms with Gasteiger partial charge >= 0.3 is 30.8 Å². The standard InChI is InChI=1S/C8H11N.C7H9N.2C6H8N2.C4H6N2S.5CO2.CH4/c1-6-3-4-8(9)5-7(6)2;1-6-4-3-5-7(2)8-6;2*1-5-3-4-7-6(2)8-5;1-3-6-2-4(5)7-3;5*2-1-3;/h3-5H,9H2,1-2H3;3-5H,1-2H3;2*3-4H,1-2H3;2H,5H2,1H3;;;;;;1H4. The lowest BCUT2D eigenvalue weighted by molar-refractivity contribution is -0.193. The van der Waals surface area contributed by atoms with E-state index in [9.17, 15) is 0 Å². The molecule has 0 atom stereocenters. The molecule has 4 N–H and O–H groups in total. The largest absolute Gasteiger partial charge is 0.399 e. The Labute approximate surface area is 328 Å². The maximum Gasteiger partial charge on any atom is 0.373 e. The van der Waals surface area contributed by atoms with E-state index in [-0.39, 0.29) is 38.2 Å². The third kappa shape index (κ3) is 48.8. The Bertz CT molecular complexity index is 1680. The molecule has 300 valence electrons. The van der Waals surface area contributed by atoms with Crippen LogP contribution in [0.3, 0.4) is 0 Å². The molecule has 1 aromatic carbocycles. The molecule has 56 heavy (non-hydrogen) atoms. The monoisotopic (exact) mass is 794 g/mol. The van der Waals surface area contributed by atoms with Gasteiger partial charge in [-0.1, -0.05) is 19.6 Å². The smallest absolute Gasteiger partial charge is 0.373 e. The van der Waals surface area contributed by atoms with Crippen LogP contribution in [-0.4, -0.2) is 60.7 Å². The van der Waals surface area contributed by atoms with E-state index in [0.717, 1.165) is 50.1 Å². The van der Waals surface area contributed by atoms with Crippen molar-refractivity contribution in [3.8, 4) is 0 Å². The Morgan fingerprint density at radius 3 is 1.02 bits per heavy atom. The van der Waals surface area contributed by atoms with Crippen LogP contribution < -0.4 is 11.5 Å². The van der Waals surface area contributed by atoms with Crippen LogP contribution in [0.25, 0.3) is 0 Å². The molecule has 0 fully saturated rings. The molecule has 0 bridgehead atoms. The molecular formula is C37H46N8O10S. The second kappa shape index (κ2) is 43.8. The number of benzene rings is 1. The Morgan fingerprint density at radius 1 is 0.482 bits per heavy atom. The highest BCUT2D eigenvalue weighted by Crippen LogP contribution is 2.11. The number of anilines is 2. The fraction of sp³-hybridized carbons (Fsp3) is 0.270. The third-order valence-electron chi connectivity index (χ3n) is 5.03. The van der Waals surface area contributed by atoms with Crippen LogP contribution in [0.4, 0.5) is 10.7 Å². The van der Waals surface area contributed by atoms with E-state index in [2.05, 4.69) is 43.8 Å². The van der Waals surface area contributed by atoms with Crippen LogP contribution in [0.15, 0.2) is 67.1 Å². The van der Waals surface area contributed by atoms with Crippen LogP contribution in [0.2, 0.25) is 0 Å². The summed E-state index contributed by atoms with van der Waals surface area (Å²) in [7, 11) is 0. The summed E-state index contributed by atoms with van der Waals surface area (Å²) in [5.74, 6) is 1.68. The summed E-state index contributed by atoms with van der Waals surface area (Å²) in [6, 6.07) is 15.7. The van der Waals surface area contributed by atoms with Gasteiger partial charge in [-0.3, -0.25) is 4.98 Å². The third-order valence-corrected chi connectivity index (χ3v) is 5.77. The molecule has 0 saturated heterocycles.